The van der Waals surface area contributed by atoms with Crippen LogP contribution in [0.15, 0.2) is 23.4 Å². The van der Waals surface area contributed by atoms with Gasteiger partial charge in [-0.05, 0) is 24.7 Å². The number of hydrogen-bond acceptors (Lipinski definition) is 5. The summed E-state index contributed by atoms with van der Waals surface area (Å²) in [4.78, 5) is 6.06. The van der Waals surface area contributed by atoms with Gasteiger partial charge in [-0.25, -0.2) is 18.1 Å². The van der Waals surface area contributed by atoms with Crippen LogP contribution in [0.5, 0.6) is 0 Å². The fourth-order valence-electron chi connectivity index (χ4n) is 1.64. The third-order valence-corrected chi connectivity index (χ3v) is 4.30. The van der Waals surface area contributed by atoms with Crippen molar-refractivity contribution >= 4 is 10.0 Å². The predicted octanol–water partition coefficient (Wildman–Crippen LogP) is 0.160. The molecule has 0 unspecified atom stereocenters. The summed E-state index contributed by atoms with van der Waals surface area (Å²) >= 11 is 0. The Labute approximate surface area is 115 Å². The molecule has 6 nitrogen and oxygen atoms in total. The van der Waals surface area contributed by atoms with E-state index in [-0.39, 0.29) is 5.03 Å². The van der Waals surface area contributed by atoms with Crippen LogP contribution >= 0.6 is 0 Å². The topological polar surface area (TPSA) is 88.3 Å². The Morgan fingerprint density at radius 2 is 2.00 bits per heavy atom. The molecule has 0 aromatic carbocycles. The number of nitrogens with two attached hydrogens (primary N) is 1. The molecule has 1 aromatic rings. The maximum atomic E-state index is 12.0. The summed E-state index contributed by atoms with van der Waals surface area (Å²) in [6.45, 7) is 7.32. The van der Waals surface area contributed by atoms with E-state index in [4.69, 9.17) is 5.73 Å². The fourth-order valence-corrected chi connectivity index (χ4v) is 2.59. The van der Waals surface area contributed by atoms with E-state index in [0.717, 1.165) is 18.7 Å². The van der Waals surface area contributed by atoms with Gasteiger partial charge in [0.15, 0.2) is 5.03 Å². The maximum Gasteiger partial charge on any atom is 0.258 e. The molecule has 19 heavy (non-hydrogen) atoms. The molecule has 0 bridgehead atoms. The highest BCUT2D eigenvalue weighted by Crippen LogP contribution is 2.05. The molecule has 0 radical (unpaired) electrons. The van der Waals surface area contributed by atoms with Gasteiger partial charge in [0.2, 0.25) is 0 Å². The van der Waals surface area contributed by atoms with E-state index in [1.165, 1.54) is 12.3 Å². The van der Waals surface area contributed by atoms with Crippen molar-refractivity contribution in [3.63, 3.8) is 0 Å². The first-order chi connectivity index (χ1) is 9.03. The van der Waals surface area contributed by atoms with Crippen molar-refractivity contribution in [1.29, 1.82) is 0 Å². The van der Waals surface area contributed by atoms with E-state index in [9.17, 15) is 8.42 Å². The number of aromatic nitrogens is 1. The molecule has 0 aliphatic rings. The van der Waals surface area contributed by atoms with Gasteiger partial charge in [-0.2, -0.15) is 0 Å². The quantitative estimate of drug-likeness (QED) is 0.711. The zero-order valence-electron chi connectivity index (χ0n) is 11.5. The molecule has 1 rings (SSSR count). The van der Waals surface area contributed by atoms with Gasteiger partial charge in [0, 0.05) is 25.8 Å². The first-order valence-electron chi connectivity index (χ1n) is 6.40. The molecule has 0 aliphatic carbocycles. The summed E-state index contributed by atoms with van der Waals surface area (Å²) in [7, 11) is -3.53. The van der Waals surface area contributed by atoms with Crippen LogP contribution < -0.4 is 10.5 Å². The number of hydrogen-bond donors (Lipinski definition) is 2. The predicted molar refractivity (Wildman–Crippen MR) is 75.1 cm³/mol. The Bertz CT molecular complexity index is 469. The Balaban J connectivity index is 2.60. The molecule has 0 spiro atoms. The first-order valence-corrected chi connectivity index (χ1v) is 7.88. The van der Waals surface area contributed by atoms with Gasteiger partial charge < -0.3 is 10.6 Å². The molecule has 7 heteroatoms. The van der Waals surface area contributed by atoms with E-state index in [0.29, 0.717) is 19.6 Å². The number of pyridine rings is 1. The lowest BCUT2D eigenvalue weighted by molar-refractivity contribution is 0.309. The maximum absolute atomic E-state index is 12.0. The van der Waals surface area contributed by atoms with E-state index >= 15 is 0 Å². The molecule has 0 aliphatic heterocycles. The smallest absolute Gasteiger partial charge is 0.258 e. The van der Waals surface area contributed by atoms with Crippen LogP contribution in [0.3, 0.4) is 0 Å². The van der Waals surface area contributed by atoms with Gasteiger partial charge in [0.05, 0.1) is 0 Å². The Morgan fingerprint density at radius 3 is 2.47 bits per heavy atom. The van der Waals surface area contributed by atoms with Crippen LogP contribution in [-0.4, -0.2) is 44.5 Å². The molecule has 108 valence electrons. The summed E-state index contributed by atoms with van der Waals surface area (Å²) in [6, 6.07) is 3.15. The van der Waals surface area contributed by atoms with Gasteiger partial charge in [0.1, 0.15) is 0 Å². The standard InChI is InChI=1S/C12H22N4O2S/c1-3-16(4-2)8-7-15-19(17,18)12-6-5-11(9-13)10-14-12/h5-6,10,15H,3-4,7-9,13H2,1-2H3. The number of sulfonamides is 1. The highest BCUT2D eigenvalue weighted by atomic mass is 32.2. The molecule has 0 atom stereocenters. The normalized spacial score (nSPS) is 12.0. The highest BCUT2D eigenvalue weighted by molar-refractivity contribution is 7.89. The molecular weight excluding hydrogens is 264 g/mol. The molecule has 3 N–H and O–H groups in total. The molecule has 0 amide bonds. The molecule has 0 saturated heterocycles. The van der Waals surface area contributed by atoms with Crippen molar-refractivity contribution < 1.29 is 8.42 Å². The zero-order chi connectivity index (χ0) is 14.3. The molecular formula is C12H22N4O2S. The lowest BCUT2D eigenvalue weighted by Crippen LogP contribution is -2.35. The minimum atomic E-state index is -3.53. The van der Waals surface area contributed by atoms with Gasteiger partial charge in [-0.1, -0.05) is 19.9 Å². The van der Waals surface area contributed by atoms with Crippen molar-refractivity contribution in [3.8, 4) is 0 Å². The average Bonchev–Trinajstić information content (AvgIpc) is 2.43. The van der Waals surface area contributed by atoms with Crippen LogP contribution in [0.2, 0.25) is 0 Å². The lowest BCUT2D eigenvalue weighted by atomic mass is 10.3. The Morgan fingerprint density at radius 1 is 1.32 bits per heavy atom. The van der Waals surface area contributed by atoms with Crippen molar-refractivity contribution in [2.24, 2.45) is 5.73 Å². The Hall–Kier alpha value is -1.02. The van der Waals surface area contributed by atoms with Crippen LogP contribution in [-0.2, 0) is 16.6 Å². The first kappa shape index (κ1) is 16.0. The van der Waals surface area contributed by atoms with E-state index in [2.05, 4.69) is 14.6 Å². The molecule has 1 aromatic heterocycles. The number of nitrogens with one attached hydrogen (secondary N) is 1. The second kappa shape index (κ2) is 7.54. The summed E-state index contributed by atoms with van der Waals surface area (Å²) in [6.07, 6.45) is 1.49. The largest absolute Gasteiger partial charge is 0.326 e. The van der Waals surface area contributed by atoms with E-state index < -0.39 is 10.0 Å². The molecule has 0 saturated carbocycles. The van der Waals surface area contributed by atoms with Crippen LogP contribution in [0.1, 0.15) is 19.4 Å². The van der Waals surface area contributed by atoms with Gasteiger partial charge in [0.25, 0.3) is 10.0 Å². The van der Waals surface area contributed by atoms with Gasteiger partial charge in [-0.3, -0.25) is 0 Å². The van der Waals surface area contributed by atoms with Crippen molar-refractivity contribution in [3.05, 3.63) is 23.9 Å². The zero-order valence-corrected chi connectivity index (χ0v) is 12.3. The second-order valence-electron chi connectivity index (χ2n) is 4.13. The molecule has 0 fully saturated rings. The second-order valence-corrected chi connectivity index (χ2v) is 5.85. The third kappa shape index (κ3) is 4.87. The minimum absolute atomic E-state index is 0.0317. The van der Waals surface area contributed by atoms with Crippen molar-refractivity contribution in [2.45, 2.75) is 25.4 Å². The number of nitrogens with zero attached hydrogens (tertiary/aromatic N) is 2. The van der Waals surface area contributed by atoms with Crippen LogP contribution in [0.25, 0.3) is 0 Å². The van der Waals surface area contributed by atoms with Gasteiger partial charge >= 0.3 is 0 Å². The van der Waals surface area contributed by atoms with Crippen molar-refractivity contribution in [1.82, 2.24) is 14.6 Å². The van der Waals surface area contributed by atoms with Crippen LogP contribution in [0, 0.1) is 0 Å². The fraction of sp³-hybridized carbons (Fsp3) is 0.583. The van der Waals surface area contributed by atoms with Gasteiger partial charge in [-0.15, -0.1) is 0 Å². The lowest BCUT2D eigenvalue weighted by Gasteiger charge is -2.17. The summed E-state index contributed by atoms with van der Waals surface area (Å²) < 4.78 is 26.5. The van der Waals surface area contributed by atoms with Crippen LogP contribution in [0.4, 0.5) is 0 Å². The van der Waals surface area contributed by atoms with E-state index in [1.807, 2.05) is 13.8 Å². The summed E-state index contributed by atoms with van der Waals surface area (Å²) in [5.41, 5.74) is 6.25. The summed E-state index contributed by atoms with van der Waals surface area (Å²) in [5.74, 6) is 0. The number of likely N-dealkylation sites (N-methyl/N-ethyl adjacent to an activating group) is 1. The molecule has 1 heterocycles. The highest BCUT2D eigenvalue weighted by Gasteiger charge is 2.15. The number of rotatable bonds is 8. The monoisotopic (exact) mass is 286 g/mol. The van der Waals surface area contributed by atoms with Crippen molar-refractivity contribution in [2.75, 3.05) is 26.2 Å². The average molecular weight is 286 g/mol. The Kier molecular flexibility index (Phi) is 6.36. The summed E-state index contributed by atoms with van der Waals surface area (Å²) in [5, 5.41) is 0.0317. The van der Waals surface area contributed by atoms with E-state index in [1.54, 1.807) is 6.07 Å². The SMILES string of the molecule is CCN(CC)CCNS(=O)(=O)c1ccc(CN)cn1. The minimum Gasteiger partial charge on any atom is -0.326 e. The third-order valence-electron chi connectivity index (χ3n) is 2.92.